The highest BCUT2D eigenvalue weighted by atomic mass is 32.2. The summed E-state index contributed by atoms with van der Waals surface area (Å²) >= 11 is 0. The van der Waals surface area contributed by atoms with Gasteiger partial charge in [0, 0.05) is 17.2 Å². The third kappa shape index (κ3) is 3.89. The normalized spacial score (nSPS) is 13.0. The van der Waals surface area contributed by atoms with Crippen molar-refractivity contribution in [3.63, 3.8) is 0 Å². The predicted octanol–water partition coefficient (Wildman–Crippen LogP) is 5.13. The molecule has 1 amide bonds. The molecule has 4 aromatic rings. The molecule has 1 N–H and O–H groups in total. The molecule has 150 valence electrons. The molecule has 0 spiro atoms. The van der Waals surface area contributed by atoms with Gasteiger partial charge in [-0.15, -0.1) is 0 Å². The lowest BCUT2D eigenvalue weighted by Crippen LogP contribution is -2.28. The number of hydrogen-bond acceptors (Lipinski definition) is 3. The minimum atomic E-state index is -1.41. The summed E-state index contributed by atoms with van der Waals surface area (Å²) in [6, 6.07) is 26.7. The average molecular weight is 415 g/mol. The van der Waals surface area contributed by atoms with Crippen LogP contribution in [0.15, 0.2) is 89.8 Å². The van der Waals surface area contributed by atoms with Gasteiger partial charge >= 0.3 is 0 Å². The summed E-state index contributed by atoms with van der Waals surface area (Å²) in [5.74, 6) is -0.257. The van der Waals surface area contributed by atoms with Crippen LogP contribution in [0.5, 0.6) is 0 Å². The van der Waals surface area contributed by atoms with Crippen molar-refractivity contribution in [3.05, 3.63) is 96.1 Å². The number of fused-ring (bicyclic) bond motifs is 1. The molecule has 0 aliphatic heterocycles. The molecular weight excluding hydrogens is 392 g/mol. The second-order valence-corrected chi connectivity index (χ2v) is 8.42. The molecule has 30 heavy (non-hydrogen) atoms. The summed E-state index contributed by atoms with van der Waals surface area (Å²) in [5, 5.41) is 3.77. The number of pyridine rings is 1. The first-order valence-corrected chi connectivity index (χ1v) is 11.3. The van der Waals surface area contributed by atoms with E-state index in [0.717, 1.165) is 11.1 Å². The van der Waals surface area contributed by atoms with Crippen molar-refractivity contribution < 1.29 is 9.00 Å². The molecule has 1 heterocycles. The highest BCUT2D eigenvalue weighted by molar-refractivity contribution is 7.84. The van der Waals surface area contributed by atoms with Crippen molar-refractivity contribution in [1.29, 1.82) is 0 Å². The molecule has 1 aromatic heterocycles. The third-order valence-electron chi connectivity index (χ3n) is 5.06. The fourth-order valence-electron chi connectivity index (χ4n) is 3.59. The van der Waals surface area contributed by atoms with Crippen molar-refractivity contribution in [2.24, 2.45) is 0 Å². The lowest BCUT2D eigenvalue weighted by molar-refractivity contribution is 0.0938. The monoisotopic (exact) mass is 414 g/mol. The molecule has 0 fully saturated rings. The molecule has 4 rings (SSSR count). The van der Waals surface area contributed by atoms with Gasteiger partial charge in [0.25, 0.3) is 5.91 Å². The largest absolute Gasteiger partial charge is 0.345 e. The van der Waals surface area contributed by atoms with Crippen LogP contribution in [0.3, 0.4) is 0 Å². The molecule has 2 atom stereocenters. The van der Waals surface area contributed by atoms with Gasteiger partial charge in [-0.2, -0.15) is 0 Å². The second-order valence-electron chi connectivity index (χ2n) is 7.11. The minimum absolute atomic E-state index is 0.191. The van der Waals surface area contributed by atoms with Gasteiger partial charge in [-0.3, -0.25) is 9.00 Å². The molecule has 0 aliphatic carbocycles. The van der Waals surface area contributed by atoms with E-state index >= 15 is 0 Å². The Labute approximate surface area is 178 Å². The zero-order valence-electron chi connectivity index (χ0n) is 16.8. The highest BCUT2D eigenvalue weighted by Crippen LogP contribution is 2.32. The average Bonchev–Trinajstić information content (AvgIpc) is 2.78. The Morgan fingerprint density at radius 3 is 2.17 bits per heavy atom. The smallest absolute Gasteiger partial charge is 0.253 e. The van der Waals surface area contributed by atoms with Crippen LogP contribution in [0.1, 0.15) is 28.9 Å². The van der Waals surface area contributed by atoms with E-state index in [1.807, 2.05) is 91.9 Å². The van der Waals surface area contributed by atoms with Crippen molar-refractivity contribution in [2.75, 3.05) is 6.26 Å². The molecule has 0 bridgehead atoms. The summed E-state index contributed by atoms with van der Waals surface area (Å²) in [5.41, 5.74) is 3.53. The molecule has 2 unspecified atom stereocenters. The number of amides is 1. The summed E-state index contributed by atoms with van der Waals surface area (Å²) in [6.45, 7) is 1.94. The SMILES string of the molecule is CC(NC(=O)c1c(S(C)=O)c(-c2ccccc2)nc2ccccc12)c1ccccc1. The number of hydrogen-bond donors (Lipinski definition) is 1. The number of carbonyl (C=O) groups excluding carboxylic acids is 1. The van der Waals surface area contributed by atoms with Crippen molar-refractivity contribution >= 4 is 27.6 Å². The maximum atomic E-state index is 13.5. The predicted molar refractivity (Wildman–Crippen MR) is 122 cm³/mol. The third-order valence-corrected chi connectivity index (χ3v) is 6.03. The standard InChI is InChI=1S/C25H22N2O2S/c1-17(18-11-5-3-6-12-18)26-25(28)22-20-15-9-10-16-21(20)27-23(24(22)30(2)29)19-13-7-4-8-14-19/h3-17H,1-2H3,(H,26,28). The highest BCUT2D eigenvalue weighted by Gasteiger charge is 2.25. The minimum Gasteiger partial charge on any atom is -0.345 e. The molecule has 3 aromatic carbocycles. The lowest BCUT2D eigenvalue weighted by atomic mass is 10.0. The van der Waals surface area contributed by atoms with Gasteiger partial charge in [-0.1, -0.05) is 78.9 Å². The van der Waals surface area contributed by atoms with Gasteiger partial charge in [-0.05, 0) is 18.6 Å². The summed E-state index contributed by atoms with van der Waals surface area (Å²) < 4.78 is 12.9. The summed E-state index contributed by atoms with van der Waals surface area (Å²) in [4.78, 5) is 18.7. The Hall–Kier alpha value is -3.31. The van der Waals surface area contributed by atoms with E-state index in [9.17, 15) is 9.00 Å². The molecule has 0 aliphatic rings. The van der Waals surface area contributed by atoms with Gasteiger partial charge in [0.1, 0.15) is 0 Å². The number of para-hydroxylation sites is 1. The maximum absolute atomic E-state index is 13.5. The van der Waals surface area contributed by atoms with Crippen LogP contribution in [-0.4, -0.2) is 21.4 Å². The quantitative estimate of drug-likeness (QED) is 0.492. The van der Waals surface area contributed by atoms with E-state index in [2.05, 4.69) is 5.32 Å². The first-order chi connectivity index (χ1) is 14.6. The zero-order valence-corrected chi connectivity index (χ0v) is 17.6. The Morgan fingerprint density at radius 1 is 0.900 bits per heavy atom. The van der Waals surface area contributed by atoms with Crippen LogP contribution < -0.4 is 5.32 Å². The Kier molecular flexibility index (Phi) is 5.72. The zero-order chi connectivity index (χ0) is 21.1. The lowest BCUT2D eigenvalue weighted by Gasteiger charge is -2.19. The molecule has 5 heteroatoms. The van der Waals surface area contributed by atoms with Gasteiger partial charge in [0.15, 0.2) is 0 Å². The maximum Gasteiger partial charge on any atom is 0.253 e. The van der Waals surface area contributed by atoms with Crippen LogP contribution >= 0.6 is 0 Å². The Balaban J connectivity index is 1.90. The van der Waals surface area contributed by atoms with Crippen LogP contribution in [0, 0.1) is 0 Å². The van der Waals surface area contributed by atoms with Crippen molar-refractivity contribution in [2.45, 2.75) is 17.9 Å². The first kappa shape index (κ1) is 20.0. The van der Waals surface area contributed by atoms with Crippen molar-refractivity contribution in [3.8, 4) is 11.3 Å². The second kappa shape index (κ2) is 8.59. The molecule has 0 radical (unpaired) electrons. The van der Waals surface area contributed by atoms with E-state index < -0.39 is 10.8 Å². The summed E-state index contributed by atoms with van der Waals surface area (Å²) in [6.07, 6.45) is 1.59. The van der Waals surface area contributed by atoms with Crippen LogP contribution in [0.25, 0.3) is 22.2 Å². The van der Waals surface area contributed by atoms with E-state index in [1.54, 1.807) is 6.26 Å². The van der Waals surface area contributed by atoms with E-state index in [1.165, 1.54) is 0 Å². The number of carbonyl (C=O) groups is 1. The number of nitrogens with zero attached hydrogens (tertiary/aromatic N) is 1. The fourth-order valence-corrected chi connectivity index (χ4v) is 4.51. The van der Waals surface area contributed by atoms with Crippen LogP contribution in [-0.2, 0) is 10.8 Å². The number of benzene rings is 3. The van der Waals surface area contributed by atoms with Gasteiger partial charge in [0.05, 0.1) is 38.5 Å². The topological polar surface area (TPSA) is 59.1 Å². The Bertz CT molecular complexity index is 1220. The molecule has 0 saturated heterocycles. The van der Waals surface area contributed by atoms with Crippen LogP contribution in [0.2, 0.25) is 0 Å². The first-order valence-electron chi connectivity index (χ1n) is 9.73. The molecule has 4 nitrogen and oxygen atoms in total. The molecule has 0 saturated carbocycles. The van der Waals surface area contributed by atoms with E-state index in [4.69, 9.17) is 4.98 Å². The number of nitrogens with one attached hydrogen (secondary N) is 1. The van der Waals surface area contributed by atoms with Gasteiger partial charge < -0.3 is 5.32 Å². The van der Waals surface area contributed by atoms with E-state index in [0.29, 0.717) is 27.1 Å². The number of aromatic nitrogens is 1. The Morgan fingerprint density at radius 2 is 1.50 bits per heavy atom. The number of rotatable bonds is 5. The summed E-state index contributed by atoms with van der Waals surface area (Å²) in [7, 11) is -1.41. The van der Waals surface area contributed by atoms with Crippen LogP contribution in [0.4, 0.5) is 0 Å². The van der Waals surface area contributed by atoms with Gasteiger partial charge in [0.2, 0.25) is 0 Å². The molecular formula is C25H22N2O2S. The van der Waals surface area contributed by atoms with E-state index in [-0.39, 0.29) is 11.9 Å². The fraction of sp³-hybridized carbons (Fsp3) is 0.120. The van der Waals surface area contributed by atoms with Gasteiger partial charge in [-0.25, -0.2) is 4.98 Å². The van der Waals surface area contributed by atoms with Crippen molar-refractivity contribution in [1.82, 2.24) is 10.3 Å².